The third-order valence-corrected chi connectivity index (χ3v) is 3.34. The third-order valence-electron chi connectivity index (χ3n) is 3.34. The van der Waals surface area contributed by atoms with Crippen molar-refractivity contribution in [3.63, 3.8) is 0 Å². The second-order valence-electron chi connectivity index (χ2n) is 5.06. The molecule has 1 unspecified atom stereocenters. The Morgan fingerprint density at radius 2 is 2.15 bits per heavy atom. The molecule has 0 saturated heterocycles. The minimum absolute atomic E-state index is 0.0371. The molecule has 2 rings (SSSR count). The Labute approximate surface area is 119 Å². The Hall–Kier alpha value is -1.94. The molecule has 0 bridgehead atoms. The molecule has 1 aromatic carbocycles. The average molecular weight is 272 g/mol. The van der Waals surface area contributed by atoms with Gasteiger partial charge in [-0.05, 0) is 43.5 Å². The number of hydrogen-bond donors (Lipinski definition) is 1. The summed E-state index contributed by atoms with van der Waals surface area (Å²) in [4.78, 5) is 15.6. The number of esters is 1. The molecule has 0 radical (unpaired) electrons. The van der Waals surface area contributed by atoms with E-state index >= 15 is 0 Å². The van der Waals surface area contributed by atoms with Gasteiger partial charge in [-0.25, -0.2) is 0 Å². The van der Waals surface area contributed by atoms with Gasteiger partial charge in [0.1, 0.15) is 0 Å². The van der Waals surface area contributed by atoms with E-state index in [4.69, 9.17) is 5.73 Å². The van der Waals surface area contributed by atoms with Gasteiger partial charge in [-0.2, -0.15) is 0 Å². The van der Waals surface area contributed by atoms with Crippen LogP contribution < -0.4 is 5.73 Å². The van der Waals surface area contributed by atoms with Gasteiger partial charge in [0, 0.05) is 23.5 Å². The molecule has 1 heterocycles. The van der Waals surface area contributed by atoms with Crippen LogP contribution in [0.4, 0.5) is 0 Å². The van der Waals surface area contributed by atoms with Gasteiger partial charge in [0.2, 0.25) is 0 Å². The van der Waals surface area contributed by atoms with E-state index in [-0.39, 0.29) is 12.0 Å². The van der Waals surface area contributed by atoms with Crippen molar-refractivity contribution in [1.82, 2.24) is 4.98 Å². The highest BCUT2D eigenvalue weighted by Crippen LogP contribution is 2.16. The molecule has 1 aromatic heterocycles. The fourth-order valence-electron chi connectivity index (χ4n) is 2.21. The largest absolute Gasteiger partial charge is 0.469 e. The van der Waals surface area contributed by atoms with Crippen molar-refractivity contribution in [1.29, 1.82) is 0 Å². The topological polar surface area (TPSA) is 65.2 Å². The van der Waals surface area contributed by atoms with Crippen LogP contribution in [0.5, 0.6) is 0 Å². The minimum Gasteiger partial charge on any atom is -0.469 e. The summed E-state index contributed by atoms with van der Waals surface area (Å²) in [7, 11) is 1.40. The van der Waals surface area contributed by atoms with Crippen molar-refractivity contribution in [2.75, 3.05) is 7.11 Å². The first-order valence-electron chi connectivity index (χ1n) is 6.77. The zero-order valence-corrected chi connectivity index (χ0v) is 11.9. The number of carbonyl (C=O) groups excluding carboxylic acids is 1. The van der Waals surface area contributed by atoms with Crippen LogP contribution >= 0.6 is 0 Å². The molecule has 4 nitrogen and oxygen atoms in total. The number of methoxy groups -OCH3 is 1. The van der Waals surface area contributed by atoms with Crippen LogP contribution in [0.3, 0.4) is 0 Å². The van der Waals surface area contributed by atoms with Crippen LogP contribution in [0.25, 0.3) is 10.9 Å². The van der Waals surface area contributed by atoms with Crippen molar-refractivity contribution in [2.45, 2.75) is 32.2 Å². The van der Waals surface area contributed by atoms with Crippen LogP contribution in [0.15, 0.2) is 30.3 Å². The van der Waals surface area contributed by atoms with Gasteiger partial charge in [-0.1, -0.05) is 12.1 Å². The number of ether oxygens (including phenoxy) is 1. The number of carbonyl (C=O) groups is 1. The molecule has 4 heteroatoms. The first-order chi connectivity index (χ1) is 9.58. The maximum atomic E-state index is 11.1. The lowest BCUT2D eigenvalue weighted by Gasteiger charge is -2.11. The van der Waals surface area contributed by atoms with Gasteiger partial charge < -0.3 is 10.5 Å². The molecule has 0 fully saturated rings. The second kappa shape index (κ2) is 6.48. The summed E-state index contributed by atoms with van der Waals surface area (Å²) >= 11 is 0. The maximum absolute atomic E-state index is 11.1. The highest BCUT2D eigenvalue weighted by Gasteiger charge is 2.08. The summed E-state index contributed by atoms with van der Waals surface area (Å²) in [6.07, 6.45) is 1.75. The first-order valence-corrected chi connectivity index (χ1v) is 6.77. The Bertz CT molecular complexity index is 610. The SMILES string of the molecule is COC(=O)CCC(N)Cc1ccc2nc(C)ccc2c1. The predicted molar refractivity (Wildman–Crippen MR) is 79.4 cm³/mol. The fourth-order valence-corrected chi connectivity index (χ4v) is 2.21. The summed E-state index contributed by atoms with van der Waals surface area (Å²) in [5.41, 5.74) is 9.23. The summed E-state index contributed by atoms with van der Waals surface area (Å²) in [5.74, 6) is -0.210. The molecule has 2 N–H and O–H groups in total. The van der Waals surface area contributed by atoms with E-state index in [1.165, 1.54) is 12.7 Å². The van der Waals surface area contributed by atoms with Crippen molar-refractivity contribution in [3.8, 4) is 0 Å². The number of aromatic nitrogens is 1. The Morgan fingerprint density at radius 1 is 1.35 bits per heavy atom. The Kier molecular flexibility index (Phi) is 4.69. The lowest BCUT2D eigenvalue weighted by Crippen LogP contribution is -2.24. The predicted octanol–water partition coefficient (Wildman–Crippen LogP) is 2.37. The van der Waals surface area contributed by atoms with Crippen LogP contribution in [0.2, 0.25) is 0 Å². The van der Waals surface area contributed by atoms with E-state index in [2.05, 4.69) is 21.9 Å². The Morgan fingerprint density at radius 3 is 2.90 bits per heavy atom. The summed E-state index contributed by atoms with van der Waals surface area (Å²) in [6.45, 7) is 1.98. The van der Waals surface area contributed by atoms with Crippen LogP contribution in [0, 0.1) is 6.92 Å². The molecular weight excluding hydrogens is 252 g/mol. The van der Waals surface area contributed by atoms with Gasteiger partial charge in [0.15, 0.2) is 0 Å². The third kappa shape index (κ3) is 3.78. The van der Waals surface area contributed by atoms with E-state index in [1.54, 1.807) is 0 Å². The smallest absolute Gasteiger partial charge is 0.305 e. The van der Waals surface area contributed by atoms with Crippen molar-refractivity contribution < 1.29 is 9.53 Å². The molecule has 0 amide bonds. The number of rotatable bonds is 5. The van der Waals surface area contributed by atoms with Crippen molar-refractivity contribution in [3.05, 3.63) is 41.6 Å². The molecule has 20 heavy (non-hydrogen) atoms. The van der Waals surface area contributed by atoms with Crippen molar-refractivity contribution in [2.24, 2.45) is 5.73 Å². The molecular formula is C16H20N2O2. The molecule has 0 aliphatic carbocycles. The second-order valence-corrected chi connectivity index (χ2v) is 5.06. The number of nitrogens with zero attached hydrogens (tertiary/aromatic N) is 1. The number of hydrogen-bond acceptors (Lipinski definition) is 4. The van der Waals surface area contributed by atoms with E-state index in [1.807, 2.05) is 25.1 Å². The zero-order chi connectivity index (χ0) is 14.5. The van der Waals surface area contributed by atoms with Crippen LogP contribution in [-0.2, 0) is 16.0 Å². The Balaban J connectivity index is 2.02. The van der Waals surface area contributed by atoms with E-state index in [0.29, 0.717) is 12.8 Å². The standard InChI is InChI=1S/C16H20N2O2/c1-11-3-5-13-9-12(4-7-15(13)18-11)10-14(17)6-8-16(19)20-2/h3-5,7,9,14H,6,8,10,17H2,1-2H3. The number of pyridine rings is 1. The highest BCUT2D eigenvalue weighted by atomic mass is 16.5. The lowest BCUT2D eigenvalue weighted by molar-refractivity contribution is -0.140. The number of fused-ring (bicyclic) bond motifs is 1. The quantitative estimate of drug-likeness (QED) is 0.849. The fraction of sp³-hybridized carbons (Fsp3) is 0.375. The molecule has 0 aliphatic rings. The molecule has 0 spiro atoms. The van der Waals surface area contributed by atoms with Gasteiger partial charge >= 0.3 is 5.97 Å². The van der Waals surface area contributed by atoms with Crippen LogP contribution in [-0.4, -0.2) is 24.1 Å². The van der Waals surface area contributed by atoms with Gasteiger partial charge in [0.25, 0.3) is 0 Å². The first kappa shape index (κ1) is 14.5. The minimum atomic E-state index is -0.210. The lowest BCUT2D eigenvalue weighted by atomic mass is 10.0. The van der Waals surface area contributed by atoms with E-state index in [9.17, 15) is 4.79 Å². The number of nitrogens with two attached hydrogens (primary N) is 1. The highest BCUT2D eigenvalue weighted by molar-refractivity contribution is 5.79. The maximum Gasteiger partial charge on any atom is 0.305 e. The number of aryl methyl sites for hydroxylation is 1. The summed E-state index contributed by atoms with van der Waals surface area (Å²) in [6, 6.07) is 10.2. The van der Waals surface area contributed by atoms with Gasteiger partial charge in [0.05, 0.1) is 12.6 Å². The molecule has 106 valence electrons. The average Bonchev–Trinajstić information content (AvgIpc) is 2.45. The monoisotopic (exact) mass is 272 g/mol. The molecule has 2 aromatic rings. The van der Waals surface area contributed by atoms with E-state index < -0.39 is 0 Å². The van der Waals surface area contributed by atoms with Gasteiger partial charge in [-0.15, -0.1) is 0 Å². The normalized spacial score (nSPS) is 12.3. The number of benzene rings is 1. The molecule has 0 aliphatic heterocycles. The summed E-state index contributed by atoms with van der Waals surface area (Å²) in [5, 5.41) is 1.12. The zero-order valence-electron chi connectivity index (χ0n) is 11.9. The van der Waals surface area contributed by atoms with Gasteiger partial charge in [-0.3, -0.25) is 9.78 Å². The molecule has 1 atom stereocenters. The van der Waals surface area contributed by atoms with E-state index in [0.717, 1.165) is 23.0 Å². The van der Waals surface area contributed by atoms with Crippen molar-refractivity contribution >= 4 is 16.9 Å². The summed E-state index contributed by atoms with van der Waals surface area (Å²) < 4.78 is 4.62. The molecule has 0 saturated carbocycles. The van der Waals surface area contributed by atoms with Crippen LogP contribution in [0.1, 0.15) is 24.1 Å².